The smallest absolute Gasteiger partial charge is 0.200 e. The van der Waals surface area contributed by atoms with Gasteiger partial charge < -0.3 is 10.2 Å². The molecule has 0 heterocycles. The summed E-state index contributed by atoms with van der Waals surface area (Å²) in [5.74, 6) is 0. The topological polar surface area (TPSA) is 32.3 Å². The summed E-state index contributed by atoms with van der Waals surface area (Å²) >= 11 is 4.93. The molecule has 0 aliphatic rings. The van der Waals surface area contributed by atoms with Gasteiger partial charge in [0.15, 0.2) is 0 Å². The predicted molar refractivity (Wildman–Crippen MR) is 62.3 cm³/mol. The number of unbranched alkanes of at least 4 members (excludes halogenated alkanes) is 1. The van der Waals surface area contributed by atoms with E-state index in [1.807, 2.05) is 14.1 Å². The summed E-state index contributed by atoms with van der Waals surface area (Å²) in [5, 5.41) is 3.10. The number of hydrogen-bond donors (Lipinski definition) is 1. The molecule has 0 aliphatic heterocycles. The minimum Gasteiger partial charge on any atom is -0.373 e. The Balaban J connectivity index is 2.30. The lowest BCUT2D eigenvalue weighted by molar-refractivity contribution is 0.670. The summed E-state index contributed by atoms with van der Waals surface area (Å²) in [6.45, 7) is 2.00. The second-order valence-corrected chi connectivity index (χ2v) is 3.86. The molecule has 0 bridgehead atoms. The van der Waals surface area contributed by atoms with Crippen molar-refractivity contribution in [1.29, 1.82) is 0 Å². The Morgan fingerprint density at radius 1 is 1.50 bits per heavy atom. The monoisotopic (exact) mass is 212 g/mol. The maximum Gasteiger partial charge on any atom is 0.200 e. The Bertz CT molecular complexity index is 355. The normalized spacial score (nSPS) is 10.7. The molecule has 14 heavy (non-hydrogen) atoms. The molecule has 0 atom stereocenters. The first-order chi connectivity index (χ1) is 6.66. The molecule has 0 saturated carbocycles. The number of anilines is 1. The number of nitrogens with zero attached hydrogens (tertiary/aromatic N) is 1. The van der Waals surface area contributed by atoms with Gasteiger partial charge in [-0.3, -0.25) is 4.79 Å². The van der Waals surface area contributed by atoms with Crippen molar-refractivity contribution in [2.24, 2.45) is 0 Å². The molecule has 0 aromatic heterocycles. The quantitative estimate of drug-likeness (QED) is 0.565. The predicted octanol–water partition coefficient (Wildman–Crippen LogP) is 1.09. The van der Waals surface area contributed by atoms with Crippen LogP contribution in [0.3, 0.4) is 0 Å². The molecule has 1 N–H and O–H groups in total. The van der Waals surface area contributed by atoms with Crippen LogP contribution in [0.4, 0.5) is 5.69 Å². The average molecular weight is 212 g/mol. The van der Waals surface area contributed by atoms with E-state index in [2.05, 4.69) is 10.2 Å². The van der Waals surface area contributed by atoms with Crippen molar-refractivity contribution in [2.45, 2.75) is 12.8 Å². The van der Waals surface area contributed by atoms with Crippen LogP contribution in [0.2, 0.25) is 0 Å². The molecular formula is C10H16N2OS. The Morgan fingerprint density at radius 3 is 2.71 bits per heavy atom. The van der Waals surface area contributed by atoms with Crippen molar-refractivity contribution in [2.75, 3.05) is 32.1 Å². The van der Waals surface area contributed by atoms with Crippen molar-refractivity contribution in [3.63, 3.8) is 0 Å². The minimum absolute atomic E-state index is 0.00271. The highest BCUT2D eigenvalue weighted by Gasteiger charge is 2.09. The van der Waals surface area contributed by atoms with Gasteiger partial charge in [0.25, 0.3) is 0 Å². The van der Waals surface area contributed by atoms with Crippen molar-refractivity contribution >= 4 is 17.9 Å². The molecule has 4 heteroatoms. The van der Waals surface area contributed by atoms with E-state index in [0.717, 1.165) is 31.6 Å². The molecule has 3 nitrogen and oxygen atoms in total. The molecule has 0 spiro atoms. The van der Waals surface area contributed by atoms with E-state index < -0.39 is 0 Å². The molecule has 1 aromatic rings. The standard InChI is InChI=1S/C10H16N2OS/c1-11-5-3-4-6-12(2)8-7-9(13)10(8)14/h7,11H,3-6H2,1-2H3. The van der Waals surface area contributed by atoms with Crippen LogP contribution in [0.5, 0.6) is 0 Å². The molecule has 0 aliphatic carbocycles. The molecule has 0 unspecified atom stereocenters. The number of nitrogens with one attached hydrogen (secondary N) is 1. The van der Waals surface area contributed by atoms with Crippen LogP contribution in [0.25, 0.3) is 0 Å². The second kappa shape index (κ2) is 5.22. The first kappa shape index (κ1) is 11.3. The lowest BCUT2D eigenvalue weighted by Crippen LogP contribution is -2.25. The largest absolute Gasteiger partial charge is 0.373 e. The summed E-state index contributed by atoms with van der Waals surface area (Å²) in [7, 11) is 3.93. The van der Waals surface area contributed by atoms with Crippen molar-refractivity contribution in [1.82, 2.24) is 5.32 Å². The third kappa shape index (κ3) is 2.62. The van der Waals surface area contributed by atoms with Gasteiger partial charge in [-0.25, -0.2) is 0 Å². The van der Waals surface area contributed by atoms with Crippen LogP contribution in [0.1, 0.15) is 12.8 Å². The second-order valence-electron chi connectivity index (χ2n) is 3.46. The summed E-state index contributed by atoms with van der Waals surface area (Å²) in [6, 6.07) is 1.61. The Hall–Kier alpha value is -0.740. The van der Waals surface area contributed by atoms with Crippen LogP contribution in [0, 0.1) is 4.51 Å². The highest BCUT2D eigenvalue weighted by atomic mass is 32.1. The molecule has 0 fully saturated rings. The highest BCUT2D eigenvalue weighted by Crippen LogP contribution is 2.13. The lowest BCUT2D eigenvalue weighted by atomic mass is 10.2. The summed E-state index contributed by atoms with van der Waals surface area (Å²) in [6.07, 6.45) is 2.26. The van der Waals surface area contributed by atoms with Crippen molar-refractivity contribution in [3.05, 3.63) is 20.8 Å². The number of hydrogen-bond acceptors (Lipinski definition) is 4. The van der Waals surface area contributed by atoms with E-state index >= 15 is 0 Å². The Kier molecular flexibility index (Phi) is 4.22. The third-order valence-corrected chi connectivity index (χ3v) is 2.72. The molecule has 0 saturated heterocycles. The molecule has 0 radical (unpaired) electrons. The SMILES string of the molecule is CNCCCCN(C)c1cc(=O)c1=S. The van der Waals surface area contributed by atoms with E-state index in [-0.39, 0.29) is 5.43 Å². The van der Waals surface area contributed by atoms with Gasteiger partial charge >= 0.3 is 0 Å². The zero-order valence-corrected chi connectivity index (χ0v) is 9.49. The van der Waals surface area contributed by atoms with Crippen LogP contribution in [0.15, 0.2) is 10.9 Å². The fourth-order valence-corrected chi connectivity index (χ4v) is 1.63. The highest BCUT2D eigenvalue weighted by molar-refractivity contribution is 7.71. The first-order valence-corrected chi connectivity index (χ1v) is 5.23. The Morgan fingerprint density at radius 2 is 2.21 bits per heavy atom. The third-order valence-electron chi connectivity index (χ3n) is 2.31. The van der Waals surface area contributed by atoms with E-state index in [1.165, 1.54) is 0 Å². The van der Waals surface area contributed by atoms with E-state index in [9.17, 15) is 4.79 Å². The first-order valence-electron chi connectivity index (χ1n) is 4.83. The van der Waals surface area contributed by atoms with Crippen LogP contribution < -0.4 is 15.6 Å². The summed E-state index contributed by atoms with van der Waals surface area (Å²) < 4.78 is 0.487. The number of rotatable bonds is 6. The fraction of sp³-hybridized carbons (Fsp3) is 0.600. The van der Waals surface area contributed by atoms with E-state index in [4.69, 9.17) is 12.2 Å². The molecule has 78 valence electrons. The maximum absolute atomic E-state index is 10.9. The van der Waals surface area contributed by atoms with Gasteiger partial charge in [-0.1, -0.05) is 12.2 Å². The zero-order valence-electron chi connectivity index (χ0n) is 8.67. The average Bonchev–Trinajstić information content (AvgIpc) is 2.20. The molecular weight excluding hydrogens is 196 g/mol. The van der Waals surface area contributed by atoms with Crippen LogP contribution in [-0.4, -0.2) is 27.2 Å². The fourth-order valence-electron chi connectivity index (χ4n) is 1.36. The van der Waals surface area contributed by atoms with E-state index in [1.54, 1.807) is 6.07 Å². The van der Waals surface area contributed by atoms with Gasteiger partial charge in [0, 0.05) is 19.7 Å². The Labute approximate surface area is 89.4 Å². The van der Waals surface area contributed by atoms with Gasteiger partial charge in [0.2, 0.25) is 5.43 Å². The lowest BCUT2D eigenvalue weighted by Gasteiger charge is -2.20. The van der Waals surface area contributed by atoms with Gasteiger partial charge in [-0.05, 0) is 26.4 Å². The van der Waals surface area contributed by atoms with Gasteiger partial charge in [-0.15, -0.1) is 0 Å². The minimum atomic E-state index is -0.00271. The van der Waals surface area contributed by atoms with Crippen LogP contribution in [-0.2, 0) is 0 Å². The van der Waals surface area contributed by atoms with E-state index in [0.29, 0.717) is 4.51 Å². The molecule has 0 amide bonds. The van der Waals surface area contributed by atoms with Crippen molar-refractivity contribution < 1.29 is 0 Å². The van der Waals surface area contributed by atoms with Crippen molar-refractivity contribution in [3.8, 4) is 0 Å². The summed E-state index contributed by atoms with van der Waals surface area (Å²) in [5.41, 5.74) is 0.923. The summed E-state index contributed by atoms with van der Waals surface area (Å²) in [4.78, 5) is 12.9. The molecule has 1 aromatic carbocycles. The molecule has 1 rings (SSSR count). The van der Waals surface area contributed by atoms with Gasteiger partial charge in [0.05, 0.1) is 5.69 Å². The maximum atomic E-state index is 10.9. The zero-order chi connectivity index (χ0) is 10.6. The van der Waals surface area contributed by atoms with Crippen LogP contribution >= 0.6 is 12.2 Å². The van der Waals surface area contributed by atoms with Gasteiger partial charge in [0.1, 0.15) is 4.51 Å². The van der Waals surface area contributed by atoms with Gasteiger partial charge in [-0.2, -0.15) is 0 Å².